The van der Waals surface area contributed by atoms with Gasteiger partial charge < -0.3 is 14.8 Å². The van der Waals surface area contributed by atoms with E-state index in [4.69, 9.17) is 4.74 Å². The van der Waals surface area contributed by atoms with Crippen molar-refractivity contribution in [2.24, 2.45) is 0 Å². The van der Waals surface area contributed by atoms with Crippen LogP contribution in [0.3, 0.4) is 0 Å². The molecule has 35 heavy (non-hydrogen) atoms. The zero-order valence-corrected chi connectivity index (χ0v) is 18.8. The van der Waals surface area contributed by atoms with Crippen LogP contribution >= 0.6 is 0 Å². The first-order valence-corrected chi connectivity index (χ1v) is 11.3. The highest BCUT2D eigenvalue weighted by atomic mass is 32.2. The number of carbonyl (C=O) groups is 2. The van der Waals surface area contributed by atoms with Crippen LogP contribution in [0.5, 0.6) is 11.5 Å². The molecule has 1 amide bonds. The lowest BCUT2D eigenvalue weighted by molar-refractivity contribution is -0.139. The molecule has 2 aromatic carbocycles. The molecule has 0 saturated heterocycles. The second-order valence-electron chi connectivity index (χ2n) is 6.90. The Labute approximate surface area is 197 Å². The molecule has 0 aliphatic rings. The molecule has 0 fully saturated rings. The minimum atomic E-state index is -4.52. The standard InChI is InChI=1S/C22H18F3N3O6S/c1-33-20(29)13-27-21(30)19-10-5-15(12-26-19)28-35(31,32)18-8-6-16(7-9-18)34-17-4-2-3-14(11-17)22(23,24)25/h2-12,28H,13H2,1H3,(H,27,30). The first kappa shape index (κ1) is 25.5. The Kier molecular flexibility index (Phi) is 7.59. The monoisotopic (exact) mass is 509 g/mol. The molecule has 2 N–H and O–H groups in total. The number of carbonyl (C=O) groups excluding carboxylic acids is 2. The molecular weight excluding hydrogens is 491 g/mol. The first-order chi connectivity index (χ1) is 16.5. The van der Waals surface area contributed by atoms with Crippen LogP contribution in [0.1, 0.15) is 16.1 Å². The van der Waals surface area contributed by atoms with Gasteiger partial charge in [-0.2, -0.15) is 13.2 Å². The molecule has 1 aromatic heterocycles. The summed E-state index contributed by atoms with van der Waals surface area (Å²) in [6.45, 7) is -0.348. The van der Waals surface area contributed by atoms with Gasteiger partial charge >= 0.3 is 12.1 Å². The Bertz CT molecular complexity index is 1310. The molecule has 3 aromatic rings. The summed E-state index contributed by atoms with van der Waals surface area (Å²) in [7, 11) is -2.87. The summed E-state index contributed by atoms with van der Waals surface area (Å²) in [6, 6.07) is 11.9. The smallest absolute Gasteiger partial charge is 0.416 e. The molecule has 0 spiro atoms. The highest BCUT2D eigenvalue weighted by Gasteiger charge is 2.30. The Morgan fingerprint density at radius 1 is 1.00 bits per heavy atom. The second-order valence-corrected chi connectivity index (χ2v) is 8.58. The third-order valence-electron chi connectivity index (χ3n) is 4.40. The van der Waals surface area contributed by atoms with Gasteiger partial charge in [-0.15, -0.1) is 0 Å². The number of nitrogens with one attached hydrogen (secondary N) is 2. The predicted molar refractivity (Wildman–Crippen MR) is 117 cm³/mol. The number of aromatic nitrogens is 1. The molecule has 0 bridgehead atoms. The molecule has 9 nitrogen and oxygen atoms in total. The topological polar surface area (TPSA) is 124 Å². The van der Waals surface area contributed by atoms with E-state index in [0.717, 1.165) is 18.3 Å². The fourth-order valence-electron chi connectivity index (χ4n) is 2.68. The van der Waals surface area contributed by atoms with E-state index in [1.807, 2.05) is 0 Å². The molecule has 0 aliphatic carbocycles. The number of hydrogen-bond acceptors (Lipinski definition) is 7. The lowest BCUT2D eigenvalue weighted by atomic mass is 10.2. The van der Waals surface area contributed by atoms with Gasteiger partial charge in [-0.1, -0.05) is 6.07 Å². The Hall–Kier alpha value is -4.13. The minimum Gasteiger partial charge on any atom is -0.468 e. The van der Waals surface area contributed by atoms with Gasteiger partial charge in [-0.3, -0.25) is 14.3 Å². The van der Waals surface area contributed by atoms with Gasteiger partial charge in [-0.05, 0) is 54.6 Å². The molecule has 0 saturated carbocycles. The van der Waals surface area contributed by atoms with Gasteiger partial charge in [0.1, 0.15) is 23.7 Å². The fourth-order valence-corrected chi connectivity index (χ4v) is 3.72. The van der Waals surface area contributed by atoms with Crippen LogP contribution in [0.2, 0.25) is 0 Å². The van der Waals surface area contributed by atoms with E-state index in [2.05, 4.69) is 19.8 Å². The maximum Gasteiger partial charge on any atom is 0.416 e. The van der Waals surface area contributed by atoms with Crippen molar-refractivity contribution >= 4 is 27.6 Å². The van der Waals surface area contributed by atoms with Crippen LogP contribution in [0.15, 0.2) is 71.8 Å². The number of methoxy groups -OCH3 is 1. The summed E-state index contributed by atoms with van der Waals surface area (Å²) in [4.78, 5) is 26.7. The minimum absolute atomic E-state index is 0.0482. The quantitative estimate of drug-likeness (QED) is 0.445. The van der Waals surface area contributed by atoms with Crippen molar-refractivity contribution < 1.29 is 40.7 Å². The number of hydrogen-bond donors (Lipinski definition) is 2. The van der Waals surface area contributed by atoms with Crippen molar-refractivity contribution in [3.8, 4) is 11.5 Å². The number of ether oxygens (including phenoxy) is 2. The van der Waals surface area contributed by atoms with Crippen molar-refractivity contribution in [3.05, 3.63) is 78.1 Å². The second kappa shape index (κ2) is 10.4. The lowest BCUT2D eigenvalue weighted by Crippen LogP contribution is -2.30. The van der Waals surface area contributed by atoms with Crippen LogP contribution < -0.4 is 14.8 Å². The summed E-state index contributed by atoms with van der Waals surface area (Å²) in [5.74, 6) is -1.22. The average Bonchev–Trinajstić information content (AvgIpc) is 2.82. The van der Waals surface area contributed by atoms with E-state index in [9.17, 15) is 31.2 Å². The van der Waals surface area contributed by atoms with Crippen molar-refractivity contribution in [2.45, 2.75) is 11.1 Å². The van der Waals surface area contributed by atoms with Crippen LogP contribution in [0, 0.1) is 0 Å². The number of sulfonamides is 1. The number of rotatable bonds is 8. The number of esters is 1. The van der Waals surface area contributed by atoms with E-state index in [1.54, 1.807) is 0 Å². The van der Waals surface area contributed by atoms with Crippen molar-refractivity contribution in [3.63, 3.8) is 0 Å². The molecule has 3 rings (SSSR count). The van der Waals surface area contributed by atoms with Gasteiger partial charge in [-0.25, -0.2) is 13.4 Å². The van der Waals surface area contributed by atoms with Gasteiger partial charge in [0, 0.05) is 0 Å². The highest BCUT2D eigenvalue weighted by Crippen LogP contribution is 2.33. The molecule has 184 valence electrons. The Morgan fingerprint density at radius 3 is 2.31 bits per heavy atom. The lowest BCUT2D eigenvalue weighted by Gasteiger charge is -2.11. The van der Waals surface area contributed by atoms with E-state index in [-0.39, 0.29) is 34.3 Å². The molecule has 0 unspecified atom stereocenters. The first-order valence-electron chi connectivity index (χ1n) is 9.77. The van der Waals surface area contributed by atoms with Crippen molar-refractivity contribution in [1.29, 1.82) is 0 Å². The molecule has 13 heteroatoms. The summed E-state index contributed by atoms with van der Waals surface area (Å²) in [6.07, 6.45) is -3.40. The van der Waals surface area contributed by atoms with Gasteiger partial charge in [0.15, 0.2) is 0 Å². The zero-order valence-electron chi connectivity index (χ0n) is 18.0. The molecular formula is C22H18F3N3O6S. The molecule has 0 aliphatic heterocycles. The Balaban J connectivity index is 1.65. The van der Waals surface area contributed by atoms with Gasteiger partial charge in [0.05, 0.1) is 29.5 Å². The number of halogens is 3. The van der Waals surface area contributed by atoms with Crippen molar-refractivity contribution in [1.82, 2.24) is 10.3 Å². The average molecular weight is 509 g/mol. The van der Waals surface area contributed by atoms with E-state index in [0.29, 0.717) is 0 Å². The maximum atomic E-state index is 12.8. The van der Waals surface area contributed by atoms with Crippen molar-refractivity contribution in [2.75, 3.05) is 18.4 Å². The van der Waals surface area contributed by atoms with E-state index < -0.39 is 33.6 Å². The molecule has 1 heterocycles. The van der Waals surface area contributed by atoms with Crippen LogP contribution in [-0.4, -0.2) is 38.9 Å². The van der Waals surface area contributed by atoms with Crippen LogP contribution in [0.4, 0.5) is 18.9 Å². The van der Waals surface area contributed by atoms with Gasteiger partial charge in [0.2, 0.25) is 0 Å². The summed E-state index contributed by atoms with van der Waals surface area (Å²) >= 11 is 0. The fraction of sp³-hybridized carbons (Fsp3) is 0.136. The normalized spacial score (nSPS) is 11.4. The Morgan fingerprint density at radius 2 is 1.71 bits per heavy atom. The van der Waals surface area contributed by atoms with Crippen LogP contribution in [0.25, 0.3) is 0 Å². The SMILES string of the molecule is COC(=O)CNC(=O)c1ccc(NS(=O)(=O)c2ccc(Oc3cccc(C(F)(F)F)c3)cc2)cn1. The summed E-state index contributed by atoms with van der Waals surface area (Å²) in [5.41, 5.74) is -0.856. The van der Waals surface area contributed by atoms with E-state index >= 15 is 0 Å². The zero-order chi connectivity index (χ0) is 25.6. The largest absolute Gasteiger partial charge is 0.468 e. The number of amides is 1. The highest BCUT2D eigenvalue weighted by molar-refractivity contribution is 7.92. The third-order valence-corrected chi connectivity index (χ3v) is 5.80. The summed E-state index contributed by atoms with van der Waals surface area (Å²) < 4.78 is 75.8. The number of nitrogens with zero attached hydrogens (tertiary/aromatic N) is 1. The number of benzene rings is 2. The molecule has 0 atom stereocenters. The maximum absolute atomic E-state index is 12.8. The summed E-state index contributed by atoms with van der Waals surface area (Å²) in [5, 5.41) is 2.29. The number of pyridine rings is 1. The van der Waals surface area contributed by atoms with E-state index in [1.165, 1.54) is 55.6 Å². The van der Waals surface area contributed by atoms with Crippen LogP contribution in [-0.2, 0) is 25.7 Å². The van der Waals surface area contributed by atoms with Gasteiger partial charge in [0.25, 0.3) is 15.9 Å². The molecule has 0 radical (unpaired) electrons. The number of alkyl halides is 3. The predicted octanol–water partition coefficient (Wildman–Crippen LogP) is 3.60. The third kappa shape index (κ3) is 6.93. The number of anilines is 1.